The summed E-state index contributed by atoms with van der Waals surface area (Å²) in [6.07, 6.45) is 4.79. The normalized spacial score (nSPS) is 12.7. The monoisotopic (exact) mass is 447 g/mol. The first kappa shape index (κ1) is 21.9. The third-order valence-corrected chi connectivity index (χ3v) is 6.26. The van der Waals surface area contributed by atoms with Crippen molar-refractivity contribution in [1.29, 1.82) is 0 Å². The number of benzene rings is 2. The van der Waals surface area contributed by atoms with Crippen molar-refractivity contribution in [3.8, 4) is 11.3 Å². The zero-order chi connectivity index (χ0) is 22.5. The Morgan fingerprint density at radius 3 is 2.44 bits per heavy atom. The highest BCUT2D eigenvalue weighted by Gasteiger charge is 2.15. The van der Waals surface area contributed by atoms with Crippen molar-refractivity contribution in [3.63, 3.8) is 0 Å². The number of ketones is 1. The Kier molecular flexibility index (Phi) is 6.75. The van der Waals surface area contributed by atoms with Crippen molar-refractivity contribution in [3.05, 3.63) is 64.5 Å². The fraction of sp³-hybridized carbons (Fsp3) is 0.280. The van der Waals surface area contributed by atoms with Crippen LogP contribution in [0.25, 0.3) is 11.3 Å². The molecule has 0 fully saturated rings. The van der Waals surface area contributed by atoms with E-state index in [1.54, 1.807) is 12.1 Å². The molecule has 0 saturated carbocycles. The Morgan fingerprint density at radius 1 is 0.938 bits per heavy atom. The molecule has 6 nitrogen and oxygen atoms in total. The van der Waals surface area contributed by atoms with Crippen LogP contribution in [0.5, 0.6) is 0 Å². The lowest BCUT2D eigenvalue weighted by Crippen LogP contribution is -2.14. The summed E-state index contributed by atoms with van der Waals surface area (Å²) < 4.78 is 0. The molecule has 0 unspecified atom stereocenters. The molecule has 0 radical (unpaired) electrons. The lowest BCUT2D eigenvalue weighted by molar-refractivity contribution is -0.116. The summed E-state index contributed by atoms with van der Waals surface area (Å²) >= 11 is 1.34. The number of aromatic nitrogens is 1. The van der Waals surface area contributed by atoms with Gasteiger partial charge in [-0.25, -0.2) is 4.98 Å². The molecule has 1 aliphatic rings. The zero-order valence-electron chi connectivity index (χ0n) is 17.9. The van der Waals surface area contributed by atoms with Gasteiger partial charge in [-0.05, 0) is 55.0 Å². The zero-order valence-corrected chi connectivity index (χ0v) is 18.8. The Hall–Kier alpha value is -3.32. The molecule has 2 N–H and O–H groups in total. The van der Waals surface area contributed by atoms with Crippen LogP contribution in [-0.2, 0) is 22.4 Å². The van der Waals surface area contributed by atoms with Crippen molar-refractivity contribution < 1.29 is 14.4 Å². The first-order chi connectivity index (χ1) is 15.5. The molecule has 0 saturated heterocycles. The average molecular weight is 448 g/mol. The summed E-state index contributed by atoms with van der Waals surface area (Å²) in [5.41, 5.74) is 5.65. The Balaban J connectivity index is 1.30. The number of hydrogen-bond acceptors (Lipinski definition) is 5. The highest BCUT2D eigenvalue weighted by atomic mass is 32.1. The van der Waals surface area contributed by atoms with Gasteiger partial charge >= 0.3 is 0 Å². The molecular weight excluding hydrogens is 422 g/mol. The van der Waals surface area contributed by atoms with Gasteiger partial charge < -0.3 is 10.6 Å². The minimum atomic E-state index is -0.224. The third kappa shape index (κ3) is 5.48. The number of nitrogens with zero attached hydrogens (tertiary/aromatic N) is 1. The predicted octanol–water partition coefficient (Wildman–Crippen LogP) is 5.25. The van der Waals surface area contributed by atoms with Gasteiger partial charge in [0.1, 0.15) is 0 Å². The molecule has 0 atom stereocenters. The van der Waals surface area contributed by atoms with E-state index >= 15 is 0 Å². The number of carbonyl (C=O) groups excluding carboxylic acids is 3. The van der Waals surface area contributed by atoms with Gasteiger partial charge in [0.2, 0.25) is 11.8 Å². The van der Waals surface area contributed by atoms with E-state index in [2.05, 4.69) is 21.7 Å². The molecule has 2 aromatic carbocycles. The van der Waals surface area contributed by atoms with Crippen LogP contribution in [0.2, 0.25) is 0 Å². The number of anilines is 2. The van der Waals surface area contributed by atoms with Gasteiger partial charge in [-0.1, -0.05) is 24.3 Å². The number of amides is 2. The van der Waals surface area contributed by atoms with E-state index < -0.39 is 0 Å². The summed E-state index contributed by atoms with van der Waals surface area (Å²) in [4.78, 5) is 40.5. The molecule has 7 heteroatoms. The second-order valence-electron chi connectivity index (χ2n) is 7.96. The number of fused-ring (bicyclic) bond motifs is 1. The van der Waals surface area contributed by atoms with Crippen LogP contribution >= 0.6 is 11.3 Å². The lowest BCUT2D eigenvalue weighted by atomic mass is 9.89. The fourth-order valence-corrected chi connectivity index (χ4v) is 4.59. The third-order valence-electron chi connectivity index (χ3n) is 5.50. The molecule has 3 aromatic rings. The molecule has 32 heavy (non-hydrogen) atoms. The van der Waals surface area contributed by atoms with Gasteiger partial charge in [-0.2, -0.15) is 0 Å². The van der Waals surface area contributed by atoms with Gasteiger partial charge in [0.25, 0.3) is 0 Å². The van der Waals surface area contributed by atoms with Crippen molar-refractivity contribution in [2.45, 2.75) is 45.4 Å². The molecule has 0 bridgehead atoms. The average Bonchev–Trinajstić information content (AvgIpc) is 3.25. The standard InChI is InChI=1S/C25H25N3O3S/c1-16(29)26-21-10-8-18(9-11-21)22-15-32-25(27-22)28-24(31)13-12-23(30)20-7-6-17-4-2-3-5-19(17)14-20/h6-11,14-15H,2-5,12-13H2,1H3,(H,26,29)(H,27,28,31). The van der Waals surface area contributed by atoms with Gasteiger partial charge in [0.05, 0.1) is 5.69 Å². The van der Waals surface area contributed by atoms with Gasteiger partial charge in [-0.15, -0.1) is 11.3 Å². The predicted molar refractivity (Wildman–Crippen MR) is 127 cm³/mol. The number of aryl methyl sites for hydroxylation is 2. The minimum Gasteiger partial charge on any atom is -0.326 e. The van der Waals surface area contributed by atoms with E-state index in [9.17, 15) is 14.4 Å². The van der Waals surface area contributed by atoms with Crippen LogP contribution in [0.4, 0.5) is 10.8 Å². The largest absolute Gasteiger partial charge is 0.326 e. The molecule has 1 aliphatic carbocycles. The Bertz CT molecular complexity index is 1150. The van der Waals surface area contributed by atoms with Crippen molar-refractivity contribution >= 4 is 39.8 Å². The maximum atomic E-state index is 12.6. The number of Topliss-reactive ketones (excluding diaryl/α,β-unsaturated/α-hetero) is 1. The van der Waals surface area contributed by atoms with Crippen LogP contribution in [0.15, 0.2) is 47.8 Å². The first-order valence-corrected chi connectivity index (χ1v) is 11.6. The highest BCUT2D eigenvalue weighted by molar-refractivity contribution is 7.14. The molecular formula is C25H25N3O3S. The molecule has 1 aromatic heterocycles. The number of rotatable bonds is 7. The summed E-state index contributed by atoms with van der Waals surface area (Å²) in [7, 11) is 0. The Labute approximate surface area is 191 Å². The van der Waals surface area contributed by atoms with E-state index in [1.165, 1.54) is 42.2 Å². The molecule has 2 amide bonds. The smallest absolute Gasteiger partial charge is 0.226 e. The second kappa shape index (κ2) is 9.87. The van der Waals surface area contributed by atoms with Crippen LogP contribution in [0.3, 0.4) is 0 Å². The molecule has 0 aliphatic heterocycles. The fourth-order valence-electron chi connectivity index (χ4n) is 3.85. The maximum absolute atomic E-state index is 12.6. The number of hydrogen-bond donors (Lipinski definition) is 2. The number of nitrogens with one attached hydrogen (secondary N) is 2. The number of thiazole rings is 1. The number of carbonyl (C=O) groups is 3. The summed E-state index contributed by atoms with van der Waals surface area (Å²) in [5.74, 6) is -0.354. The molecule has 4 rings (SSSR count). The molecule has 1 heterocycles. The maximum Gasteiger partial charge on any atom is 0.226 e. The summed E-state index contributed by atoms with van der Waals surface area (Å²) in [6.45, 7) is 1.46. The van der Waals surface area contributed by atoms with E-state index in [0.717, 1.165) is 24.1 Å². The van der Waals surface area contributed by atoms with E-state index in [4.69, 9.17) is 0 Å². The summed E-state index contributed by atoms with van der Waals surface area (Å²) in [5, 5.41) is 7.87. The molecule has 0 spiro atoms. The first-order valence-electron chi connectivity index (χ1n) is 10.8. The van der Waals surface area contributed by atoms with Gasteiger partial charge in [-0.3, -0.25) is 14.4 Å². The van der Waals surface area contributed by atoms with Crippen LogP contribution in [0.1, 0.15) is 54.1 Å². The van der Waals surface area contributed by atoms with Crippen molar-refractivity contribution in [1.82, 2.24) is 4.98 Å². The SMILES string of the molecule is CC(=O)Nc1ccc(-c2csc(NC(=O)CCC(=O)c3ccc4c(c3)CCCC4)n2)cc1. The lowest BCUT2D eigenvalue weighted by Gasteiger charge is -2.16. The Morgan fingerprint density at radius 2 is 1.69 bits per heavy atom. The highest BCUT2D eigenvalue weighted by Crippen LogP contribution is 2.26. The van der Waals surface area contributed by atoms with Crippen molar-refractivity contribution in [2.75, 3.05) is 10.6 Å². The van der Waals surface area contributed by atoms with E-state index in [-0.39, 0.29) is 30.4 Å². The van der Waals surface area contributed by atoms with Gasteiger partial charge in [0, 0.05) is 42.0 Å². The topological polar surface area (TPSA) is 88.2 Å². The van der Waals surface area contributed by atoms with Crippen LogP contribution in [-0.4, -0.2) is 22.6 Å². The summed E-state index contributed by atoms with van der Waals surface area (Å²) in [6, 6.07) is 13.3. The quantitative estimate of drug-likeness (QED) is 0.484. The van der Waals surface area contributed by atoms with Gasteiger partial charge in [0.15, 0.2) is 10.9 Å². The molecule has 164 valence electrons. The minimum absolute atomic E-state index is 0.00684. The van der Waals surface area contributed by atoms with Crippen molar-refractivity contribution in [2.24, 2.45) is 0 Å². The second-order valence-corrected chi connectivity index (χ2v) is 8.82. The van der Waals surface area contributed by atoms with Crippen LogP contribution < -0.4 is 10.6 Å². The van der Waals surface area contributed by atoms with E-state index in [0.29, 0.717) is 16.4 Å². The van der Waals surface area contributed by atoms with Crippen LogP contribution in [0, 0.1) is 0 Å². The van der Waals surface area contributed by atoms with E-state index in [1.807, 2.05) is 29.6 Å².